The van der Waals surface area contributed by atoms with Crippen molar-refractivity contribution >= 4 is 6.03 Å². The van der Waals surface area contributed by atoms with Gasteiger partial charge in [0.25, 0.3) is 0 Å². The van der Waals surface area contributed by atoms with E-state index < -0.39 is 0 Å². The minimum absolute atomic E-state index is 0.196. The normalized spacial score (nSPS) is 15.5. The van der Waals surface area contributed by atoms with Gasteiger partial charge in [0.15, 0.2) is 0 Å². The third-order valence-electron chi connectivity index (χ3n) is 4.55. The lowest BCUT2D eigenvalue weighted by Gasteiger charge is -2.31. The second-order valence-corrected chi connectivity index (χ2v) is 6.15. The number of nitrogens with two attached hydrogens (primary N) is 1. The van der Waals surface area contributed by atoms with Crippen LogP contribution >= 0.6 is 0 Å². The molecule has 1 aliphatic rings. The summed E-state index contributed by atoms with van der Waals surface area (Å²) in [4.78, 5) is 12.8. The first-order valence-corrected chi connectivity index (χ1v) is 8.25. The maximum Gasteiger partial charge on any atom is 0.314 e. The molecular weight excluding hydrogens is 305 g/mol. The van der Waals surface area contributed by atoms with Gasteiger partial charge in [0.05, 0.1) is 0 Å². The van der Waals surface area contributed by atoms with E-state index in [1.165, 1.54) is 0 Å². The molecule has 0 atom stereocenters. The second kappa shape index (κ2) is 7.45. The Morgan fingerprint density at radius 3 is 2.46 bits per heavy atom. The molecular formula is C19H22FN3O. The maximum atomic E-state index is 14.3. The highest BCUT2D eigenvalue weighted by Crippen LogP contribution is 2.22. The molecule has 5 heteroatoms. The number of hydrogen-bond donors (Lipinski definition) is 2. The van der Waals surface area contributed by atoms with Gasteiger partial charge in [-0.15, -0.1) is 0 Å². The fourth-order valence-electron chi connectivity index (χ4n) is 3.06. The first kappa shape index (κ1) is 16.5. The standard InChI is InChI=1S/C19H22FN3O/c20-18-12-15(14-4-2-1-3-5-14)6-7-16(18)13-22-17-8-10-23(11-9-17)19(21)24/h1-7,12,17,22H,8-11,13H2,(H2,21,24). The van der Waals surface area contributed by atoms with Crippen molar-refractivity contribution in [2.45, 2.75) is 25.4 Å². The number of hydrogen-bond acceptors (Lipinski definition) is 2. The number of carbonyl (C=O) groups is 1. The van der Waals surface area contributed by atoms with Gasteiger partial charge in [-0.1, -0.05) is 42.5 Å². The van der Waals surface area contributed by atoms with Crippen LogP contribution in [-0.4, -0.2) is 30.1 Å². The first-order valence-electron chi connectivity index (χ1n) is 8.25. The Morgan fingerprint density at radius 2 is 1.83 bits per heavy atom. The Kier molecular flexibility index (Phi) is 5.11. The molecule has 1 heterocycles. The second-order valence-electron chi connectivity index (χ2n) is 6.15. The Labute approximate surface area is 141 Å². The molecule has 4 nitrogen and oxygen atoms in total. The van der Waals surface area contributed by atoms with Crippen LogP contribution in [0.2, 0.25) is 0 Å². The van der Waals surface area contributed by atoms with Crippen LogP contribution in [0.15, 0.2) is 48.5 Å². The summed E-state index contributed by atoms with van der Waals surface area (Å²) in [6.07, 6.45) is 1.68. The van der Waals surface area contributed by atoms with Gasteiger partial charge < -0.3 is 16.0 Å². The van der Waals surface area contributed by atoms with Gasteiger partial charge in [-0.3, -0.25) is 0 Å². The molecule has 0 bridgehead atoms. The van der Waals surface area contributed by atoms with Crippen LogP contribution in [0.5, 0.6) is 0 Å². The van der Waals surface area contributed by atoms with Crippen LogP contribution in [0.3, 0.4) is 0 Å². The summed E-state index contributed by atoms with van der Waals surface area (Å²) in [6.45, 7) is 1.80. The van der Waals surface area contributed by atoms with E-state index in [4.69, 9.17) is 5.73 Å². The van der Waals surface area contributed by atoms with Crippen LogP contribution in [-0.2, 0) is 6.54 Å². The van der Waals surface area contributed by atoms with E-state index in [1.807, 2.05) is 42.5 Å². The summed E-state index contributed by atoms with van der Waals surface area (Å²) in [5.41, 5.74) is 7.83. The third-order valence-corrected chi connectivity index (χ3v) is 4.55. The Hall–Kier alpha value is -2.40. The minimum Gasteiger partial charge on any atom is -0.351 e. The predicted octanol–water partition coefficient (Wildman–Crippen LogP) is 3.13. The van der Waals surface area contributed by atoms with Crippen molar-refractivity contribution in [3.05, 3.63) is 59.9 Å². The van der Waals surface area contributed by atoms with Crippen LogP contribution in [0.1, 0.15) is 18.4 Å². The number of benzene rings is 2. The lowest BCUT2D eigenvalue weighted by molar-refractivity contribution is 0.185. The quantitative estimate of drug-likeness (QED) is 0.906. The molecule has 126 valence electrons. The minimum atomic E-state index is -0.365. The average molecular weight is 327 g/mol. The van der Waals surface area contributed by atoms with E-state index in [0.717, 1.165) is 24.0 Å². The number of amides is 2. The smallest absolute Gasteiger partial charge is 0.314 e. The van der Waals surface area contributed by atoms with Crippen LogP contribution in [0.4, 0.5) is 9.18 Å². The van der Waals surface area contributed by atoms with E-state index in [9.17, 15) is 9.18 Å². The van der Waals surface area contributed by atoms with Crippen molar-refractivity contribution < 1.29 is 9.18 Å². The maximum absolute atomic E-state index is 14.3. The number of urea groups is 1. The van der Waals surface area contributed by atoms with Crippen LogP contribution in [0.25, 0.3) is 11.1 Å². The Balaban J connectivity index is 1.58. The summed E-state index contributed by atoms with van der Waals surface area (Å²) >= 11 is 0. The molecule has 3 N–H and O–H groups in total. The molecule has 3 rings (SSSR count). The molecule has 0 unspecified atom stereocenters. The predicted molar refractivity (Wildman–Crippen MR) is 92.9 cm³/mol. The summed E-state index contributed by atoms with van der Waals surface area (Å²) in [5.74, 6) is -0.196. The number of nitrogens with one attached hydrogen (secondary N) is 1. The van der Waals surface area contributed by atoms with Crippen molar-refractivity contribution in [1.29, 1.82) is 0 Å². The van der Waals surface area contributed by atoms with E-state index in [2.05, 4.69) is 5.32 Å². The fourth-order valence-corrected chi connectivity index (χ4v) is 3.06. The molecule has 0 radical (unpaired) electrons. The van der Waals surface area contributed by atoms with E-state index in [0.29, 0.717) is 25.2 Å². The molecule has 2 aromatic carbocycles. The molecule has 1 fully saturated rings. The number of piperidine rings is 1. The molecule has 2 aromatic rings. The topological polar surface area (TPSA) is 58.4 Å². The molecule has 0 aromatic heterocycles. The highest BCUT2D eigenvalue weighted by molar-refractivity contribution is 5.72. The largest absolute Gasteiger partial charge is 0.351 e. The van der Waals surface area contributed by atoms with Gasteiger partial charge in [-0.2, -0.15) is 0 Å². The molecule has 0 saturated carbocycles. The molecule has 2 amide bonds. The highest BCUT2D eigenvalue weighted by Gasteiger charge is 2.20. The molecule has 0 aliphatic carbocycles. The molecule has 24 heavy (non-hydrogen) atoms. The molecule has 0 spiro atoms. The number of rotatable bonds is 4. The van der Waals surface area contributed by atoms with Crippen LogP contribution in [0, 0.1) is 5.82 Å². The lowest BCUT2D eigenvalue weighted by Crippen LogP contribution is -2.46. The fraction of sp³-hybridized carbons (Fsp3) is 0.316. The van der Waals surface area contributed by atoms with Gasteiger partial charge in [-0.25, -0.2) is 9.18 Å². The average Bonchev–Trinajstić information content (AvgIpc) is 2.62. The number of likely N-dealkylation sites (tertiary alicyclic amines) is 1. The lowest BCUT2D eigenvalue weighted by atomic mass is 10.0. The van der Waals surface area contributed by atoms with Crippen molar-refractivity contribution in [3.63, 3.8) is 0 Å². The summed E-state index contributed by atoms with van der Waals surface area (Å²) in [6, 6.07) is 15.1. The van der Waals surface area contributed by atoms with Crippen molar-refractivity contribution in [3.8, 4) is 11.1 Å². The zero-order chi connectivity index (χ0) is 16.9. The summed E-state index contributed by atoms with van der Waals surface area (Å²) in [5, 5.41) is 3.38. The molecule has 1 saturated heterocycles. The zero-order valence-electron chi connectivity index (χ0n) is 13.5. The number of primary amides is 1. The zero-order valence-corrected chi connectivity index (χ0v) is 13.5. The number of nitrogens with zero attached hydrogens (tertiary/aromatic N) is 1. The third kappa shape index (κ3) is 3.92. The van der Waals surface area contributed by atoms with Crippen molar-refractivity contribution in [2.24, 2.45) is 5.73 Å². The summed E-state index contributed by atoms with van der Waals surface area (Å²) < 4.78 is 14.3. The van der Waals surface area contributed by atoms with Gasteiger partial charge in [-0.05, 0) is 30.0 Å². The number of halogens is 1. The van der Waals surface area contributed by atoms with Gasteiger partial charge in [0.1, 0.15) is 5.82 Å². The molecule has 1 aliphatic heterocycles. The van der Waals surface area contributed by atoms with E-state index >= 15 is 0 Å². The SMILES string of the molecule is NC(=O)N1CCC(NCc2ccc(-c3ccccc3)cc2F)CC1. The summed E-state index contributed by atoms with van der Waals surface area (Å²) in [7, 11) is 0. The van der Waals surface area contributed by atoms with Crippen molar-refractivity contribution in [2.75, 3.05) is 13.1 Å². The van der Waals surface area contributed by atoms with Crippen LogP contribution < -0.4 is 11.1 Å². The Bertz CT molecular complexity index is 697. The Morgan fingerprint density at radius 1 is 1.12 bits per heavy atom. The van der Waals surface area contributed by atoms with Gasteiger partial charge in [0.2, 0.25) is 0 Å². The van der Waals surface area contributed by atoms with Gasteiger partial charge in [0, 0.05) is 31.2 Å². The monoisotopic (exact) mass is 327 g/mol. The number of carbonyl (C=O) groups excluding carboxylic acids is 1. The van der Waals surface area contributed by atoms with Gasteiger partial charge >= 0.3 is 6.03 Å². The highest BCUT2D eigenvalue weighted by atomic mass is 19.1. The first-order chi connectivity index (χ1) is 11.6. The van der Waals surface area contributed by atoms with Crippen molar-refractivity contribution in [1.82, 2.24) is 10.2 Å². The van der Waals surface area contributed by atoms with E-state index in [1.54, 1.807) is 11.0 Å². The van der Waals surface area contributed by atoms with E-state index in [-0.39, 0.29) is 17.9 Å².